The molecule has 22 heavy (non-hydrogen) atoms. The molecule has 1 spiro atoms. The molecule has 3 aliphatic rings. The zero-order valence-electron chi connectivity index (χ0n) is 13.2. The van der Waals surface area contributed by atoms with E-state index in [1.807, 2.05) is 0 Å². The standard InChI is InChI=1S/C17H25FN4/c18-15-9-19-16(20-10-15)22-7-2-5-17(13-22)6-8-21(12-17)11-14-3-1-4-14/h9-10,14H,1-8,11-13H2. The van der Waals surface area contributed by atoms with Gasteiger partial charge in [-0.1, -0.05) is 6.42 Å². The third-order valence-corrected chi connectivity index (χ3v) is 5.81. The molecule has 0 bridgehead atoms. The van der Waals surface area contributed by atoms with Crippen molar-refractivity contribution < 1.29 is 4.39 Å². The Morgan fingerprint density at radius 2 is 1.91 bits per heavy atom. The molecule has 0 amide bonds. The summed E-state index contributed by atoms with van der Waals surface area (Å²) in [4.78, 5) is 13.3. The van der Waals surface area contributed by atoms with Crippen LogP contribution in [0.3, 0.4) is 0 Å². The molecule has 3 heterocycles. The zero-order valence-corrected chi connectivity index (χ0v) is 13.2. The third-order valence-electron chi connectivity index (χ3n) is 5.81. The van der Waals surface area contributed by atoms with E-state index >= 15 is 0 Å². The van der Waals surface area contributed by atoms with Crippen LogP contribution in [0.25, 0.3) is 0 Å². The van der Waals surface area contributed by atoms with E-state index in [2.05, 4.69) is 19.8 Å². The normalized spacial score (nSPS) is 30.0. The van der Waals surface area contributed by atoms with Crippen LogP contribution in [0.1, 0.15) is 38.5 Å². The Morgan fingerprint density at radius 3 is 2.64 bits per heavy atom. The van der Waals surface area contributed by atoms with Crippen molar-refractivity contribution in [2.45, 2.75) is 38.5 Å². The second-order valence-electron chi connectivity index (χ2n) is 7.51. The van der Waals surface area contributed by atoms with E-state index in [1.165, 1.54) is 70.6 Å². The molecule has 5 heteroatoms. The van der Waals surface area contributed by atoms with E-state index in [0.29, 0.717) is 11.4 Å². The summed E-state index contributed by atoms with van der Waals surface area (Å²) in [5.74, 6) is 1.29. The van der Waals surface area contributed by atoms with Crippen molar-refractivity contribution in [2.75, 3.05) is 37.6 Å². The lowest BCUT2D eigenvalue weighted by Crippen LogP contribution is -2.46. The number of rotatable bonds is 3. The van der Waals surface area contributed by atoms with Gasteiger partial charge in [0.05, 0.1) is 12.4 Å². The number of hydrogen-bond acceptors (Lipinski definition) is 4. The van der Waals surface area contributed by atoms with Crippen molar-refractivity contribution >= 4 is 5.95 Å². The topological polar surface area (TPSA) is 32.3 Å². The fourth-order valence-electron chi connectivity index (χ4n) is 4.40. The second kappa shape index (κ2) is 5.76. The molecule has 1 atom stereocenters. The first-order chi connectivity index (χ1) is 10.7. The monoisotopic (exact) mass is 304 g/mol. The Bertz CT molecular complexity index is 516. The average Bonchev–Trinajstić information content (AvgIpc) is 2.86. The molecule has 0 N–H and O–H groups in total. The smallest absolute Gasteiger partial charge is 0.225 e. The van der Waals surface area contributed by atoms with Crippen LogP contribution in [0.4, 0.5) is 10.3 Å². The van der Waals surface area contributed by atoms with E-state index < -0.39 is 0 Å². The highest BCUT2D eigenvalue weighted by Gasteiger charge is 2.42. The molecule has 1 saturated carbocycles. The van der Waals surface area contributed by atoms with Gasteiger partial charge >= 0.3 is 0 Å². The largest absolute Gasteiger partial charge is 0.340 e. The summed E-state index contributed by atoms with van der Waals surface area (Å²) in [5.41, 5.74) is 0.403. The molecule has 120 valence electrons. The molecule has 1 aliphatic carbocycles. The summed E-state index contributed by atoms with van der Waals surface area (Å²) < 4.78 is 13.0. The van der Waals surface area contributed by atoms with Crippen LogP contribution >= 0.6 is 0 Å². The number of hydrogen-bond donors (Lipinski definition) is 0. The van der Waals surface area contributed by atoms with Crippen molar-refractivity contribution in [3.05, 3.63) is 18.2 Å². The highest BCUT2D eigenvalue weighted by molar-refractivity contribution is 5.30. The lowest BCUT2D eigenvalue weighted by Gasteiger charge is -2.41. The lowest BCUT2D eigenvalue weighted by atomic mass is 9.79. The first kappa shape index (κ1) is 14.4. The van der Waals surface area contributed by atoms with Crippen molar-refractivity contribution in [3.63, 3.8) is 0 Å². The lowest BCUT2D eigenvalue weighted by molar-refractivity contribution is 0.172. The summed E-state index contributed by atoms with van der Waals surface area (Å²) in [6.45, 7) is 5.79. The van der Waals surface area contributed by atoms with Gasteiger partial charge in [0.2, 0.25) is 5.95 Å². The predicted octanol–water partition coefficient (Wildman–Crippen LogP) is 2.71. The quantitative estimate of drug-likeness (QED) is 0.859. The molecular formula is C17H25FN4. The van der Waals surface area contributed by atoms with Gasteiger partial charge in [-0.2, -0.15) is 0 Å². The van der Waals surface area contributed by atoms with Crippen LogP contribution in [0, 0.1) is 17.2 Å². The predicted molar refractivity (Wildman–Crippen MR) is 84.3 cm³/mol. The van der Waals surface area contributed by atoms with Crippen LogP contribution < -0.4 is 4.90 Å². The highest BCUT2D eigenvalue weighted by atomic mass is 19.1. The summed E-state index contributed by atoms with van der Waals surface area (Å²) >= 11 is 0. The van der Waals surface area contributed by atoms with Crippen LogP contribution in [0.5, 0.6) is 0 Å². The van der Waals surface area contributed by atoms with Gasteiger partial charge < -0.3 is 9.80 Å². The van der Waals surface area contributed by atoms with Crippen molar-refractivity contribution in [1.82, 2.24) is 14.9 Å². The molecule has 4 nitrogen and oxygen atoms in total. The Labute approximate surface area is 131 Å². The number of aromatic nitrogens is 2. The molecule has 0 radical (unpaired) electrons. The van der Waals surface area contributed by atoms with Gasteiger partial charge in [0.25, 0.3) is 0 Å². The van der Waals surface area contributed by atoms with E-state index in [-0.39, 0.29) is 5.82 Å². The van der Waals surface area contributed by atoms with Gasteiger partial charge in [-0.05, 0) is 44.6 Å². The van der Waals surface area contributed by atoms with Crippen LogP contribution in [-0.2, 0) is 0 Å². The van der Waals surface area contributed by atoms with Crippen molar-refractivity contribution in [2.24, 2.45) is 11.3 Å². The Hall–Kier alpha value is -1.23. The Kier molecular flexibility index (Phi) is 3.76. The molecule has 1 aromatic heterocycles. The van der Waals surface area contributed by atoms with Crippen LogP contribution in [0.2, 0.25) is 0 Å². The molecule has 2 aliphatic heterocycles. The fraction of sp³-hybridized carbons (Fsp3) is 0.765. The maximum Gasteiger partial charge on any atom is 0.225 e. The Morgan fingerprint density at radius 1 is 1.09 bits per heavy atom. The molecule has 4 rings (SSSR count). The molecule has 1 aromatic rings. The summed E-state index contributed by atoms with van der Waals surface area (Å²) in [5, 5.41) is 0. The number of anilines is 1. The van der Waals surface area contributed by atoms with Crippen molar-refractivity contribution in [1.29, 1.82) is 0 Å². The third kappa shape index (κ3) is 2.83. The van der Waals surface area contributed by atoms with Gasteiger partial charge in [-0.25, -0.2) is 14.4 Å². The average molecular weight is 304 g/mol. The Balaban J connectivity index is 1.41. The van der Waals surface area contributed by atoms with E-state index in [0.717, 1.165) is 19.0 Å². The van der Waals surface area contributed by atoms with Crippen LogP contribution in [0.15, 0.2) is 12.4 Å². The SMILES string of the molecule is Fc1cnc(N2CCCC3(CCN(CC4CCC4)C3)C2)nc1. The molecule has 0 aromatic carbocycles. The van der Waals surface area contributed by atoms with Gasteiger partial charge in [-0.3, -0.25) is 0 Å². The van der Waals surface area contributed by atoms with Gasteiger partial charge in [0.1, 0.15) is 0 Å². The fourth-order valence-corrected chi connectivity index (χ4v) is 4.40. The maximum absolute atomic E-state index is 13.0. The van der Waals surface area contributed by atoms with E-state index in [1.54, 1.807) is 0 Å². The summed E-state index contributed by atoms with van der Waals surface area (Å²) in [7, 11) is 0. The number of nitrogens with zero attached hydrogens (tertiary/aromatic N) is 4. The van der Waals surface area contributed by atoms with Crippen LogP contribution in [-0.4, -0.2) is 47.6 Å². The second-order valence-corrected chi connectivity index (χ2v) is 7.51. The summed E-state index contributed by atoms with van der Waals surface area (Å²) in [6.07, 6.45) is 10.6. The number of likely N-dealkylation sites (tertiary alicyclic amines) is 1. The minimum atomic E-state index is -0.358. The van der Waals surface area contributed by atoms with Gasteiger partial charge in [-0.15, -0.1) is 0 Å². The molecule has 1 unspecified atom stereocenters. The van der Waals surface area contributed by atoms with Gasteiger partial charge in [0.15, 0.2) is 5.82 Å². The number of halogens is 1. The maximum atomic E-state index is 13.0. The first-order valence-corrected chi connectivity index (χ1v) is 8.67. The van der Waals surface area contributed by atoms with E-state index in [4.69, 9.17) is 0 Å². The highest BCUT2D eigenvalue weighted by Crippen LogP contribution is 2.40. The molecular weight excluding hydrogens is 279 g/mol. The molecule has 3 fully saturated rings. The minimum Gasteiger partial charge on any atom is -0.340 e. The number of piperidine rings is 1. The minimum absolute atomic E-state index is 0.358. The first-order valence-electron chi connectivity index (χ1n) is 8.67. The van der Waals surface area contributed by atoms with Gasteiger partial charge in [0, 0.05) is 31.6 Å². The van der Waals surface area contributed by atoms with E-state index in [9.17, 15) is 4.39 Å². The summed E-state index contributed by atoms with van der Waals surface area (Å²) in [6, 6.07) is 0. The zero-order chi connectivity index (χ0) is 15.0. The molecule has 2 saturated heterocycles. The van der Waals surface area contributed by atoms with Crippen molar-refractivity contribution in [3.8, 4) is 0 Å².